The van der Waals surface area contributed by atoms with Crippen molar-refractivity contribution in [1.82, 2.24) is 30.0 Å². The van der Waals surface area contributed by atoms with Gasteiger partial charge in [-0.15, -0.1) is 0 Å². The van der Waals surface area contributed by atoms with Gasteiger partial charge in [-0.2, -0.15) is 0 Å². The van der Waals surface area contributed by atoms with Gasteiger partial charge in [0.05, 0.1) is 25.7 Å². The predicted octanol–water partition coefficient (Wildman–Crippen LogP) is 5.64. The van der Waals surface area contributed by atoms with Crippen LogP contribution in [-0.2, 0) is 17.9 Å². The lowest BCUT2D eigenvalue weighted by molar-refractivity contribution is -0.134. The van der Waals surface area contributed by atoms with Crippen molar-refractivity contribution in [2.75, 3.05) is 52.4 Å². The molecule has 3 fully saturated rings. The first-order valence-corrected chi connectivity index (χ1v) is 17.8. The summed E-state index contributed by atoms with van der Waals surface area (Å²) in [7, 11) is 0. The summed E-state index contributed by atoms with van der Waals surface area (Å²) < 4.78 is 31.6. The second-order valence-electron chi connectivity index (χ2n) is 15.1. The number of nitrogens with one attached hydrogen (secondary N) is 1. The Morgan fingerprint density at radius 3 is 2.35 bits per heavy atom. The maximum absolute atomic E-state index is 15.8. The quantitative estimate of drug-likeness (QED) is 0.404. The molecule has 2 aromatic carbocycles. The van der Waals surface area contributed by atoms with Gasteiger partial charge in [-0.3, -0.25) is 29.6 Å². The number of hydrazine groups is 1. The molecule has 1 unspecified atom stereocenters. The first-order chi connectivity index (χ1) is 23.3. The number of allylic oxidation sites excluding steroid dienone is 1. The van der Waals surface area contributed by atoms with Crippen molar-refractivity contribution in [3.63, 3.8) is 0 Å². The third-order valence-electron chi connectivity index (χ3n) is 11.0. The van der Waals surface area contributed by atoms with Gasteiger partial charge in [-0.1, -0.05) is 55.3 Å². The van der Waals surface area contributed by atoms with E-state index in [9.17, 15) is 14.4 Å². The molecule has 49 heavy (non-hydrogen) atoms. The molecule has 0 radical (unpaired) electrons. The summed E-state index contributed by atoms with van der Waals surface area (Å²) in [6.45, 7) is 9.31. The van der Waals surface area contributed by atoms with Crippen LogP contribution in [0.5, 0.6) is 0 Å². The van der Waals surface area contributed by atoms with Gasteiger partial charge in [0.2, 0.25) is 5.91 Å². The fraction of sp³-hybridized carbons (Fsp3) is 0.541. The highest BCUT2D eigenvalue weighted by Gasteiger charge is 2.48. The van der Waals surface area contributed by atoms with Gasteiger partial charge >= 0.3 is 6.03 Å². The summed E-state index contributed by atoms with van der Waals surface area (Å²) in [5, 5.41) is 5.60. The third kappa shape index (κ3) is 7.27. The first-order valence-electron chi connectivity index (χ1n) is 17.4. The molecule has 9 nitrogen and oxygen atoms in total. The van der Waals surface area contributed by atoms with Crippen molar-refractivity contribution >= 4 is 35.0 Å². The van der Waals surface area contributed by atoms with Crippen LogP contribution in [0.4, 0.5) is 13.6 Å². The van der Waals surface area contributed by atoms with Crippen molar-refractivity contribution in [2.45, 2.75) is 71.0 Å². The van der Waals surface area contributed by atoms with E-state index in [1.807, 2.05) is 34.1 Å². The Morgan fingerprint density at radius 2 is 1.63 bits per heavy atom. The van der Waals surface area contributed by atoms with Crippen LogP contribution in [0.1, 0.15) is 73.0 Å². The number of imide groups is 1. The number of nitrogens with zero attached hydrogens (tertiary/aromatic N) is 5. The van der Waals surface area contributed by atoms with Crippen LogP contribution in [0.25, 0.3) is 5.57 Å². The second kappa shape index (κ2) is 13.4. The minimum absolute atomic E-state index is 0.125. The van der Waals surface area contributed by atoms with Crippen LogP contribution in [0.15, 0.2) is 48.0 Å². The lowest BCUT2D eigenvalue weighted by Gasteiger charge is -2.46. The summed E-state index contributed by atoms with van der Waals surface area (Å²) in [6.07, 6.45) is 3.75. The van der Waals surface area contributed by atoms with Gasteiger partial charge in [0, 0.05) is 62.8 Å². The van der Waals surface area contributed by atoms with Crippen molar-refractivity contribution in [2.24, 2.45) is 5.41 Å². The summed E-state index contributed by atoms with van der Waals surface area (Å²) in [5.41, 5.74) is 6.44. The Bertz CT molecular complexity index is 1660. The Balaban J connectivity index is 0.937. The average molecular weight is 695 g/mol. The van der Waals surface area contributed by atoms with E-state index < -0.39 is 18.0 Å². The van der Waals surface area contributed by atoms with Gasteiger partial charge in [-0.25, -0.2) is 23.6 Å². The molecule has 1 N–H and O–H groups in total. The molecule has 4 heterocycles. The Kier molecular flexibility index (Phi) is 9.32. The van der Waals surface area contributed by atoms with Crippen LogP contribution in [-0.4, -0.2) is 107 Å². The van der Waals surface area contributed by atoms with Crippen molar-refractivity contribution in [3.05, 3.63) is 75.3 Å². The third-order valence-corrected chi connectivity index (χ3v) is 11.2. The van der Waals surface area contributed by atoms with Crippen molar-refractivity contribution < 1.29 is 23.2 Å². The summed E-state index contributed by atoms with van der Waals surface area (Å²) in [6, 6.07) is 12.2. The molecule has 5 aliphatic rings. The second-order valence-corrected chi connectivity index (χ2v) is 15.5. The zero-order chi connectivity index (χ0) is 34.5. The Morgan fingerprint density at radius 1 is 0.878 bits per heavy atom. The molecule has 4 amide bonds. The first kappa shape index (κ1) is 34.1. The number of carbonyl (C=O) groups excluding carboxylic acids is 3. The van der Waals surface area contributed by atoms with Crippen LogP contribution in [0.2, 0.25) is 5.02 Å². The number of fused-ring (bicyclic) bond motifs is 1. The lowest BCUT2D eigenvalue weighted by Crippen LogP contribution is -2.61. The van der Waals surface area contributed by atoms with Crippen LogP contribution in [0, 0.1) is 5.41 Å². The van der Waals surface area contributed by atoms with Crippen molar-refractivity contribution in [1.29, 1.82) is 0 Å². The number of rotatable bonds is 7. The zero-order valence-electron chi connectivity index (χ0n) is 28.3. The average Bonchev–Trinajstić information content (AvgIpc) is 3.37. The molecule has 0 spiro atoms. The van der Waals surface area contributed by atoms with Gasteiger partial charge in [-0.05, 0) is 71.6 Å². The highest BCUT2D eigenvalue weighted by Crippen LogP contribution is 2.43. The highest BCUT2D eigenvalue weighted by molar-refractivity contribution is 6.30. The number of carbonyl (C=O) groups is 3. The van der Waals surface area contributed by atoms with Crippen molar-refractivity contribution in [3.8, 4) is 0 Å². The topological polar surface area (TPSA) is 79.4 Å². The van der Waals surface area contributed by atoms with E-state index in [4.69, 9.17) is 11.6 Å². The molecule has 7 rings (SSSR count). The molecule has 4 aliphatic heterocycles. The smallest absolute Gasteiger partial charge is 0.297 e. The molecular formula is C37H45ClF2N6O3. The lowest BCUT2D eigenvalue weighted by atomic mass is 9.72. The van der Waals surface area contributed by atoms with E-state index in [2.05, 4.69) is 36.2 Å². The summed E-state index contributed by atoms with van der Waals surface area (Å²) >= 11 is 6.18. The number of piperidine rings is 1. The highest BCUT2D eigenvalue weighted by atomic mass is 35.5. The van der Waals surface area contributed by atoms with Crippen LogP contribution in [0.3, 0.4) is 0 Å². The normalized spacial score (nSPS) is 25.2. The predicted molar refractivity (Wildman–Crippen MR) is 184 cm³/mol. The number of benzene rings is 2. The molecule has 0 aromatic heterocycles. The molecule has 1 aliphatic carbocycles. The molecule has 262 valence electrons. The van der Waals surface area contributed by atoms with Gasteiger partial charge in [0.25, 0.3) is 11.8 Å². The molecular weight excluding hydrogens is 650 g/mol. The fourth-order valence-corrected chi connectivity index (χ4v) is 8.37. The van der Waals surface area contributed by atoms with Crippen LogP contribution >= 0.6 is 11.6 Å². The SMILES string of the molecule is CC1(C)CCC(CN2CCN(C3CCN(Cc4ccc5c(c4)CN(N4CCC(=O)NC4=O)C5=O)CC3(F)F)CC2)=C(c2ccc(Cl)cc2)C1. The number of hydrogen-bond acceptors (Lipinski definition) is 6. The van der Waals surface area contributed by atoms with E-state index in [1.165, 1.54) is 26.7 Å². The fourth-order valence-electron chi connectivity index (χ4n) is 8.25. The molecule has 0 saturated carbocycles. The molecule has 0 bridgehead atoms. The summed E-state index contributed by atoms with van der Waals surface area (Å²) in [5.74, 6) is -3.51. The minimum Gasteiger partial charge on any atom is -0.297 e. The van der Waals surface area contributed by atoms with Gasteiger partial charge in [0.15, 0.2) is 0 Å². The standard InChI is InChI=1S/C37H45ClF2N6O3/c1-36(2)12-9-27(31(20-36)26-4-6-29(38)7-5-26)22-42-15-17-44(18-16-42)32-10-13-43(24-37(32,39)40)21-25-3-8-30-28(19-25)23-46(34(30)48)45-14-11-33(47)41-35(45)49/h3-8,19,32H,9-18,20-24H2,1-2H3,(H,41,47,49). The number of halogens is 3. The molecule has 2 aromatic rings. The van der Waals surface area contributed by atoms with Gasteiger partial charge < -0.3 is 0 Å². The molecule has 3 saturated heterocycles. The number of hydrogen-bond donors (Lipinski definition) is 1. The van der Waals surface area contributed by atoms with E-state index in [-0.39, 0.29) is 43.3 Å². The number of likely N-dealkylation sites (tertiary alicyclic amines) is 1. The number of alkyl halides is 2. The maximum Gasteiger partial charge on any atom is 0.342 e. The number of urea groups is 1. The zero-order valence-corrected chi connectivity index (χ0v) is 29.1. The van der Waals surface area contributed by atoms with E-state index >= 15 is 8.78 Å². The maximum atomic E-state index is 15.8. The molecule has 1 atom stereocenters. The Labute approximate surface area is 291 Å². The van der Waals surface area contributed by atoms with E-state index in [0.717, 1.165) is 55.0 Å². The Hall–Kier alpha value is -3.38. The van der Waals surface area contributed by atoms with Crippen LogP contribution < -0.4 is 5.32 Å². The monoisotopic (exact) mass is 694 g/mol. The van der Waals surface area contributed by atoms with E-state index in [0.29, 0.717) is 38.2 Å². The number of piperazine rings is 1. The summed E-state index contributed by atoms with van der Waals surface area (Å²) in [4.78, 5) is 43.1. The van der Waals surface area contributed by atoms with E-state index in [1.54, 1.807) is 6.07 Å². The van der Waals surface area contributed by atoms with Gasteiger partial charge in [0.1, 0.15) is 0 Å². The minimum atomic E-state index is -2.85. The number of amides is 4. The largest absolute Gasteiger partial charge is 0.342 e. The molecule has 12 heteroatoms.